The number of carbonyl (C=O) groups is 7. The van der Waals surface area contributed by atoms with Gasteiger partial charge in [-0.05, 0) is 25.7 Å². The lowest BCUT2D eigenvalue weighted by atomic mass is 10.0. The molecular formula is C20H34N6O8. The van der Waals surface area contributed by atoms with Gasteiger partial charge in [-0.2, -0.15) is 0 Å². The van der Waals surface area contributed by atoms with Crippen LogP contribution in [0.4, 0.5) is 0 Å². The van der Waals surface area contributed by atoms with Gasteiger partial charge in [0.25, 0.3) is 0 Å². The molecule has 0 fully saturated rings. The maximum absolute atomic E-state index is 12.8. The molecule has 0 saturated heterocycles. The first-order chi connectivity index (χ1) is 15.7. The first-order valence-electron chi connectivity index (χ1n) is 10.6. The van der Waals surface area contributed by atoms with Crippen molar-refractivity contribution < 1.29 is 38.7 Å². The summed E-state index contributed by atoms with van der Waals surface area (Å²) in [7, 11) is 0. The summed E-state index contributed by atoms with van der Waals surface area (Å²) >= 11 is 0. The number of carboxylic acid groups (broad SMARTS) is 1. The van der Waals surface area contributed by atoms with E-state index >= 15 is 0 Å². The number of amides is 5. The molecule has 0 aromatic rings. The van der Waals surface area contributed by atoms with Crippen LogP contribution in [-0.4, -0.2) is 77.6 Å². The van der Waals surface area contributed by atoms with Crippen molar-refractivity contribution in [3.8, 4) is 0 Å². The Morgan fingerprint density at radius 1 is 0.853 bits per heavy atom. The van der Waals surface area contributed by atoms with E-state index in [0.717, 1.165) is 0 Å². The zero-order chi connectivity index (χ0) is 26.4. The highest BCUT2D eigenvalue weighted by molar-refractivity contribution is 5.96. The minimum absolute atomic E-state index is 0.0697. The van der Waals surface area contributed by atoms with Gasteiger partial charge in [-0.25, -0.2) is 0 Å². The molecule has 9 N–H and O–H groups in total. The molecule has 192 valence electrons. The Kier molecular flexibility index (Phi) is 13.7. The lowest BCUT2D eigenvalue weighted by molar-refractivity contribution is -0.137. The molecule has 0 spiro atoms. The Balaban J connectivity index is 5.23. The molecule has 0 rings (SSSR count). The molecule has 14 heteroatoms. The normalized spacial score (nSPS) is 13.2. The Morgan fingerprint density at radius 3 is 1.94 bits per heavy atom. The lowest BCUT2D eigenvalue weighted by Crippen LogP contribution is -2.57. The van der Waals surface area contributed by atoms with E-state index < -0.39 is 66.6 Å². The van der Waals surface area contributed by atoms with E-state index in [1.165, 1.54) is 6.92 Å². The van der Waals surface area contributed by atoms with Gasteiger partial charge in [-0.15, -0.1) is 0 Å². The molecule has 0 bridgehead atoms. The van der Waals surface area contributed by atoms with Gasteiger partial charge < -0.3 is 37.8 Å². The van der Waals surface area contributed by atoms with Crippen molar-refractivity contribution in [2.45, 2.75) is 64.6 Å². The Hall–Kier alpha value is -3.55. The second-order valence-corrected chi connectivity index (χ2v) is 8.16. The second-order valence-electron chi connectivity index (χ2n) is 8.16. The summed E-state index contributed by atoms with van der Waals surface area (Å²) in [4.78, 5) is 82.2. The van der Waals surface area contributed by atoms with E-state index in [9.17, 15) is 33.6 Å². The number of nitrogens with two attached hydrogens (primary N) is 2. The van der Waals surface area contributed by atoms with Crippen molar-refractivity contribution in [3.63, 3.8) is 0 Å². The third kappa shape index (κ3) is 13.8. The van der Waals surface area contributed by atoms with E-state index in [1.54, 1.807) is 13.8 Å². The molecule has 0 aromatic carbocycles. The Morgan fingerprint density at radius 2 is 1.44 bits per heavy atom. The van der Waals surface area contributed by atoms with E-state index in [-0.39, 0.29) is 37.5 Å². The predicted octanol–water partition coefficient (Wildman–Crippen LogP) is -3.11. The highest BCUT2D eigenvalue weighted by Gasteiger charge is 2.29. The largest absolute Gasteiger partial charge is 0.481 e. The van der Waals surface area contributed by atoms with Crippen LogP contribution < -0.4 is 32.7 Å². The van der Waals surface area contributed by atoms with Gasteiger partial charge in [-0.1, -0.05) is 13.8 Å². The fourth-order valence-electron chi connectivity index (χ4n) is 2.65. The van der Waals surface area contributed by atoms with Crippen LogP contribution in [0.2, 0.25) is 0 Å². The molecule has 34 heavy (non-hydrogen) atoms. The maximum atomic E-state index is 12.8. The molecule has 3 atom stereocenters. The van der Waals surface area contributed by atoms with Gasteiger partial charge in [0.2, 0.25) is 29.5 Å². The van der Waals surface area contributed by atoms with E-state index in [0.29, 0.717) is 0 Å². The van der Waals surface area contributed by atoms with Crippen LogP contribution in [0.25, 0.3) is 0 Å². The zero-order valence-electron chi connectivity index (χ0n) is 19.5. The van der Waals surface area contributed by atoms with Crippen LogP contribution in [0.15, 0.2) is 0 Å². The minimum Gasteiger partial charge on any atom is -0.481 e. The minimum atomic E-state index is -1.43. The highest BCUT2D eigenvalue weighted by atomic mass is 16.4. The summed E-state index contributed by atoms with van der Waals surface area (Å²) < 4.78 is 0. The SMILES string of the molecule is CC(=O)CNC(=O)CNC(=O)[C@H](CC(N)=O)NC(=O)[C@@H](CC(C)C)NC(=O)[C@@H](N)CCC(=O)O. The van der Waals surface area contributed by atoms with Crippen LogP contribution in [0.5, 0.6) is 0 Å². The van der Waals surface area contributed by atoms with E-state index in [1.807, 2.05) is 0 Å². The third-order valence-corrected chi connectivity index (χ3v) is 4.34. The summed E-state index contributed by atoms with van der Waals surface area (Å²) in [6, 6.07) is -3.74. The number of hydrogen-bond acceptors (Lipinski definition) is 8. The zero-order valence-corrected chi connectivity index (χ0v) is 19.5. The predicted molar refractivity (Wildman–Crippen MR) is 119 cm³/mol. The highest BCUT2D eigenvalue weighted by Crippen LogP contribution is 2.07. The molecule has 14 nitrogen and oxygen atoms in total. The summed E-state index contributed by atoms with van der Waals surface area (Å²) in [5, 5.41) is 18.0. The summed E-state index contributed by atoms with van der Waals surface area (Å²) in [6.07, 6.45) is -0.902. The molecule has 0 unspecified atom stereocenters. The molecular weight excluding hydrogens is 452 g/mol. The van der Waals surface area contributed by atoms with E-state index in [2.05, 4.69) is 21.3 Å². The maximum Gasteiger partial charge on any atom is 0.303 e. The number of carboxylic acids is 1. The summed E-state index contributed by atoms with van der Waals surface area (Å²) in [5.74, 6) is -5.48. The standard InChI is InChI=1S/C20H34N6O8/c1-10(2)6-13(25-18(32)12(21)4-5-17(30)31)20(34)26-14(7-15(22)28)19(33)24-9-16(29)23-8-11(3)27/h10,12-14H,4-9,21H2,1-3H3,(H2,22,28)(H,23,29)(H,24,33)(H,25,32)(H,26,34)(H,30,31)/t12-,13+,14-/m0/s1. The van der Waals surface area contributed by atoms with Gasteiger partial charge in [0.1, 0.15) is 17.9 Å². The number of Topliss-reactive ketones (excluding diaryl/α,β-unsaturated/α-hetero) is 1. The summed E-state index contributed by atoms with van der Waals surface area (Å²) in [6.45, 7) is 4.10. The Bertz CT molecular complexity index is 785. The van der Waals surface area contributed by atoms with Crippen LogP contribution in [0.3, 0.4) is 0 Å². The average Bonchev–Trinajstić information content (AvgIpc) is 2.72. The molecule has 0 aliphatic rings. The van der Waals surface area contributed by atoms with Crippen molar-refractivity contribution in [1.82, 2.24) is 21.3 Å². The second kappa shape index (κ2) is 15.3. The Labute approximate surface area is 196 Å². The van der Waals surface area contributed by atoms with Crippen LogP contribution in [0.1, 0.15) is 46.5 Å². The van der Waals surface area contributed by atoms with Crippen molar-refractivity contribution in [1.29, 1.82) is 0 Å². The quantitative estimate of drug-likeness (QED) is 0.117. The number of rotatable bonds is 16. The lowest BCUT2D eigenvalue weighted by Gasteiger charge is -2.24. The molecule has 0 aromatic heterocycles. The van der Waals surface area contributed by atoms with Crippen LogP contribution in [-0.2, 0) is 33.6 Å². The molecule has 5 amide bonds. The van der Waals surface area contributed by atoms with Crippen LogP contribution >= 0.6 is 0 Å². The number of nitrogens with one attached hydrogen (secondary N) is 4. The third-order valence-electron chi connectivity index (χ3n) is 4.34. The van der Waals surface area contributed by atoms with Crippen LogP contribution in [0, 0.1) is 5.92 Å². The molecule has 0 radical (unpaired) electrons. The molecule has 0 aliphatic heterocycles. The number of primary amides is 1. The summed E-state index contributed by atoms with van der Waals surface area (Å²) in [5.41, 5.74) is 10.8. The van der Waals surface area contributed by atoms with Gasteiger partial charge in [-0.3, -0.25) is 33.6 Å². The number of ketones is 1. The number of aliphatic carboxylic acids is 1. The van der Waals surface area contributed by atoms with Crippen molar-refractivity contribution in [2.24, 2.45) is 17.4 Å². The number of carbonyl (C=O) groups excluding carboxylic acids is 6. The van der Waals surface area contributed by atoms with E-state index in [4.69, 9.17) is 16.6 Å². The average molecular weight is 487 g/mol. The topological polar surface area (TPSA) is 240 Å². The fourth-order valence-corrected chi connectivity index (χ4v) is 2.65. The van der Waals surface area contributed by atoms with Gasteiger partial charge in [0.05, 0.1) is 25.6 Å². The monoisotopic (exact) mass is 486 g/mol. The number of hydrogen-bond donors (Lipinski definition) is 7. The smallest absolute Gasteiger partial charge is 0.303 e. The van der Waals surface area contributed by atoms with Crippen molar-refractivity contribution in [3.05, 3.63) is 0 Å². The first kappa shape index (κ1) is 30.4. The molecule has 0 saturated carbocycles. The van der Waals surface area contributed by atoms with Gasteiger partial charge in [0.15, 0.2) is 0 Å². The molecule has 0 heterocycles. The van der Waals surface area contributed by atoms with Crippen molar-refractivity contribution >= 4 is 41.3 Å². The van der Waals surface area contributed by atoms with Gasteiger partial charge in [0, 0.05) is 6.42 Å². The van der Waals surface area contributed by atoms with Gasteiger partial charge >= 0.3 is 5.97 Å². The fraction of sp³-hybridized carbons (Fsp3) is 0.650. The molecule has 0 aliphatic carbocycles. The van der Waals surface area contributed by atoms with Crippen molar-refractivity contribution in [2.75, 3.05) is 13.1 Å². The first-order valence-corrected chi connectivity index (χ1v) is 10.6.